The normalized spacial score (nSPS) is 16.4. The number of rotatable bonds is 4. The van der Waals surface area contributed by atoms with E-state index in [1.807, 2.05) is 10.9 Å². The maximum absolute atomic E-state index is 11.8. The average molecular weight is 287 g/mol. The van der Waals surface area contributed by atoms with Crippen LogP contribution in [-0.4, -0.2) is 28.9 Å². The molecular formula is C15H17N3O3. The Bertz CT molecular complexity index is 610. The average Bonchev–Trinajstić information content (AvgIpc) is 3.17. The summed E-state index contributed by atoms with van der Waals surface area (Å²) in [5.74, 6) is 0.431. The number of furan rings is 1. The van der Waals surface area contributed by atoms with E-state index in [0.29, 0.717) is 17.5 Å². The topological polar surface area (TPSA) is 69.3 Å². The van der Waals surface area contributed by atoms with Gasteiger partial charge in [-0.25, -0.2) is 0 Å². The van der Waals surface area contributed by atoms with E-state index in [1.54, 1.807) is 30.7 Å². The third-order valence-corrected chi connectivity index (χ3v) is 3.38. The SMILES string of the molecule is O=C(/C=C/c1ccco1)Nc1cnn(C2CCOCC2)c1. The molecule has 0 atom stereocenters. The monoisotopic (exact) mass is 287 g/mol. The van der Waals surface area contributed by atoms with Gasteiger partial charge in [-0.1, -0.05) is 0 Å². The molecule has 110 valence electrons. The van der Waals surface area contributed by atoms with Crippen molar-refractivity contribution in [3.63, 3.8) is 0 Å². The zero-order valence-electron chi connectivity index (χ0n) is 11.6. The van der Waals surface area contributed by atoms with Gasteiger partial charge in [-0.15, -0.1) is 0 Å². The summed E-state index contributed by atoms with van der Waals surface area (Å²) < 4.78 is 12.4. The Kier molecular flexibility index (Phi) is 4.16. The molecule has 2 aromatic rings. The van der Waals surface area contributed by atoms with Crippen LogP contribution < -0.4 is 5.32 Å². The van der Waals surface area contributed by atoms with Crippen LogP contribution in [0, 0.1) is 0 Å². The maximum Gasteiger partial charge on any atom is 0.248 e. The molecular weight excluding hydrogens is 270 g/mol. The van der Waals surface area contributed by atoms with Crippen LogP contribution in [0.15, 0.2) is 41.3 Å². The quantitative estimate of drug-likeness (QED) is 0.877. The number of aromatic nitrogens is 2. The first-order chi connectivity index (χ1) is 10.3. The molecule has 0 aromatic carbocycles. The molecule has 0 unspecified atom stereocenters. The smallest absolute Gasteiger partial charge is 0.248 e. The van der Waals surface area contributed by atoms with Crippen molar-refractivity contribution in [3.8, 4) is 0 Å². The Morgan fingerprint density at radius 2 is 2.29 bits per heavy atom. The lowest BCUT2D eigenvalue weighted by molar-refractivity contribution is -0.111. The first kappa shape index (κ1) is 13.6. The molecule has 0 saturated carbocycles. The molecule has 0 aliphatic carbocycles. The van der Waals surface area contributed by atoms with Crippen molar-refractivity contribution in [2.45, 2.75) is 18.9 Å². The molecule has 1 saturated heterocycles. The number of amides is 1. The van der Waals surface area contributed by atoms with E-state index in [4.69, 9.17) is 9.15 Å². The van der Waals surface area contributed by atoms with Gasteiger partial charge in [0.1, 0.15) is 5.76 Å². The van der Waals surface area contributed by atoms with Gasteiger partial charge >= 0.3 is 0 Å². The number of carbonyl (C=O) groups excluding carboxylic acids is 1. The second-order valence-electron chi connectivity index (χ2n) is 4.89. The second-order valence-corrected chi connectivity index (χ2v) is 4.89. The first-order valence-corrected chi connectivity index (χ1v) is 6.96. The summed E-state index contributed by atoms with van der Waals surface area (Å²) in [5.41, 5.74) is 0.690. The van der Waals surface area contributed by atoms with Gasteiger partial charge in [-0.3, -0.25) is 9.48 Å². The summed E-state index contributed by atoms with van der Waals surface area (Å²) in [5, 5.41) is 7.09. The highest BCUT2D eigenvalue weighted by atomic mass is 16.5. The van der Waals surface area contributed by atoms with Crippen LogP contribution in [0.4, 0.5) is 5.69 Å². The van der Waals surface area contributed by atoms with E-state index < -0.39 is 0 Å². The minimum absolute atomic E-state index is 0.210. The molecule has 0 radical (unpaired) electrons. The fourth-order valence-electron chi connectivity index (χ4n) is 2.28. The van der Waals surface area contributed by atoms with Gasteiger partial charge in [0.15, 0.2) is 0 Å². The summed E-state index contributed by atoms with van der Waals surface area (Å²) in [4.78, 5) is 11.8. The minimum atomic E-state index is -0.210. The van der Waals surface area contributed by atoms with Gasteiger partial charge in [0.05, 0.1) is 24.2 Å². The molecule has 1 amide bonds. The number of nitrogens with zero attached hydrogens (tertiary/aromatic N) is 2. The number of hydrogen-bond donors (Lipinski definition) is 1. The first-order valence-electron chi connectivity index (χ1n) is 6.96. The highest BCUT2D eigenvalue weighted by Crippen LogP contribution is 2.21. The van der Waals surface area contributed by atoms with Gasteiger partial charge in [-0.05, 0) is 31.1 Å². The predicted molar refractivity (Wildman–Crippen MR) is 77.7 cm³/mol. The zero-order valence-corrected chi connectivity index (χ0v) is 11.6. The van der Waals surface area contributed by atoms with Crippen molar-refractivity contribution >= 4 is 17.7 Å². The molecule has 3 heterocycles. The van der Waals surface area contributed by atoms with Crippen molar-refractivity contribution in [1.29, 1.82) is 0 Å². The van der Waals surface area contributed by atoms with Crippen LogP contribution in [-0.2, 0) is 9.53 Å². The standard InChI is InChI=1S/C15H17N3O3/c19-15(4-3-14-2-1-7-21-14)17-12-10-16-18(11-12)13-5-8-20-9-6-13/h1-4,7,10-11,13H,5-6,8-9H2,(H,17,19)/b4-3+. The summed E-state index contributed by atoms with van der Waals surface area (Å²) in [6.07, 6.45) is 10.0. The van der Waals surface area contributed by atoms with E-state index in [1.165, 1.54) is 6.08 Å². The van der Waals surface area contributed by atoms with E-state index in [9.17, 15) is 4.79 Å². The van der Waals surface area contributed by atoms with Crippen LogP contribution >= 0.6 is 0 Å². The van der Waals surface area contributed by atoms with E-state index in [0.717, 1.165) is 26.1 Å². The maximum atomic E-state index is 11.8. The summed E-state index contributed by atoms with van der Waals surface area (Å²) in [7, 11) is 0. The van der Waals surface area contributed by atoms with Crippen molar-refractivity contribution < 1.29 is 13.9 Å². The lowest BCUT2D eigenvalue weighted by Crippen LogP contribution is -2.19. The summed E-state index contributed by atoms with van der Waals surface area (Å²) in [6, 6.07) is 3.91. The van der Waals surface area contributed by atoms with Gasteiger partial charge in [-0.2, -0.15) is 5.10 Å². The molecule has 2 aromatic heterocycles. The Hall–Kier alpha value is -2.34. The predicted octanol–water partition coefficient (Wildman–Crippen LogP) is 2.48. The van der Waals surface area contributed by atoms with E-state index in [2.05, 4.69) is 10.4 Å². The Balaban J connectivity index is 1.57. The highest BCUT2D eigenvalue weighted by molar-refractivity contribution is 6.01. The molecule has 1 fully saturated rings. The van der Waals surface area contributed by atoms with E-state index in [-0.39, 0.29) is 5.91 Å². The number of carbonyl (C=O) groups is 1. The van der Waals surface area contributed by atoms with Crippen molar-refractivity contribution in [3.05, 3.63) is 42.6 Å². The van der Waals surface area contributed by atoms with E-state index >= 15 is 0 Å². The van der Waals surface area contributed by atoms with Crippen LogP contribution in [0.1, 0.15) is 24.6 Å². The van der Waals surface area contributed by atoms with Crippen molar-refractivity contribution in [2.75, 3.05) is 18.5 Å². The number of anilines is 1. The fraction of sp³-hybridized carbons (Fsp3) is 0.333. The Labute approximate surface area is 122 Å². The van der Waals surface area contributed by atoms with Gasteiger partial charge < -0.3 is 14.5 Å². The molecule has 6 heteroatoms. The zero-order chi connectivity index (χ0) is 14.5. The molecule has 1 aliphatic rings. The molecule has 6 nitrogen and oxygen atoms in total. The molecule has 3 rings (SSSR count). The van der Waals surface area contributed by atoms with Gasteiger partial charge in [0.25, 0.3) is 0 Å². The van der Waals surface area contributed by atoms with Gasteiger partial charge in [0.2, 0.25) is 5.91 Å². The lowest BCUT2D eigenvalue weighted by atomic mass is 10.1. The van der Waals surface area contributed by atoms with Crippen LogP contribution in [0.5, 0.6) is 0 Å². The summed E-state index contributed by atoms with van der Waals surface area (Å²) >= 11 is 0. The second kappa shape index (κ2) is 6.41. The third kappa shape index (κ3) is 3.61. The fourth-order valence-corrected chi connectivity index (χ4v) is 2.28. The molecule has 0 bridgehead atoms. The Morgan fingerprint density at radius 1 is 1.43 bits per heavy atom. The number of hydrogen-bond acceptors (Lipinski definition) is 4. The van der Waals surface area contributed by atoms with Crippen LogP contribution in [0.3, 0.4) is 0 Å². The highest BCUT2D eigenvalue weighted by Gasteiger charge is 2.16. The molecule has 0 spiro atoms. The largest absolute Gasteiger partial charge is 0.465 e. The Morgan fingerprint density at radius 3 is 3.05 bits per heavy atom. The van der Waals surface area contributed by atoms with Crippen molar-refractivity contribution in [2.24, 2.45) is 0 Å². The lowest BCUT2D eigenvalue weighted by Gasteiger charge is -2.22. The summed E-state index contributed by atoms with van der Waals surface area (Å²) in [6.45, 7) is 1.52. The minimum Gasteiger partial charge on any atom is -0.465 e. The molecule has 21 heavy (non-hydrogen) atoms. The third-order valence-electron chi connectivity index (χ3n) is 3.38. The van der Waals surface area contributed by atoms with Crippen molar-refractivity contribution in [1.82, 2.24) is 9.78 Å². The molecule has 1 N–H and O–H groups in total. The number of nitrogens with one attached hydrogen (secondary N) is 1. The van der Waals surface area contributed by atoms with Gasteiger partial charge in [0, 0.05) is 25.5 Å². The molecule has 1 aliphatic heterocycles. The number of ether oxygens (including phenoxy) is 1. The van der Waals surface area contributed by atoms with Crippen LogP contribution in [0.25, 0.3) is 6.08 Å². The van der Waals surface area contributed by atoms with Crippen LogP contribution in [0.2, 0.25) is 0 Å².